The number of fused-ring (bicyclic) bond motifs is 1. The van der Waals surface area contributed by atoms with Crippen molar-refractivity contribution >= 4 is 26.8 Å². The van der Waals surface area contributed by atoms with E-state index in [0.717, 1.165) is 29.0 Å². The number of nitrogens with zero attached hydrogens (tertiary/aromatic N) is 1. The molecule has 0 saturated heterocycles. The number of hydrogen-bond donors (Lipinski definition) is 1. The lowest BCUT2D eigenvalue weighted by molar-refractivity contribution is 0.640. The molecule has 1 aliphatic rings. The molecule has 1 aromatic carbocycles. The summed E-state index contributed by atoms with van der Waals surface area (Å²) in [6, 6.07) is 8.35. The minimum atomic E-state index is 0.914. The fourth-order valence-corrected chi connectivity index (χ4v) is 2.52. The van der Waals surface area contributed by atoms with Gasteiger partial charge in [0.15, 0.2) is 0 Å². The van der Waals surface area contributed by atoms with Crippen LogP contribution in [-0.2, 0) is 6.54 Å². The molecule has 3 rings (SSSR count). The summed E-state index contributed by atoms with van der Waals surface area (Å²) in [4.78, 5) is 4.49. The molecule has 0 radical (unpaired) electrons. The zero-order chi connectivity index (χ0) is 11.7. The quantitative estimate of drug-likeness (QED) is 0.932. The second-order valence-electron chi connectivity index (χ2n) is 4.68. The lowest BCUT2D eigenvalue weighted by Crippen LogP contribution is -2.16. The van der Waals surface area contributed by atoms with Crippen molar-refractivity contribution in [3.05, 3.63) is 40.5 Å². The van der Waals surface area contributed by atoms with Crippen LogP contribution in [0, 0.1) is 5.92 Å². The van der Waals surface area contributed by atoms with Crippen LogP contribution in [0.5, 0.6) is 0 Å². The van der Waals surface area contributed by atoms with E-state index >= 15 is 0 Å². The van der Waals surface area contributed by atoms with Gasteiger partial charge in [-0.1, -0.05) is 28.1 Å². The Kier molecular flexibility index (Phi) is 3.12. The van der Waals surface area contributed by atoms with E-state index in [1.54, 1.807) is 0 Å². The molecular weight excluding hydrogens is 276 g/mol. The number of nitrogens with one attached hydrogen (secondary N) is 1. The fourth-order valence-electron chi connectivity index (χ4n) is 2.07. The van der Waals surface area contributed by atoms with Gasteiger partial charge >= 0.3 is 0 Å². The molecule has 0 spiro atoms. The molecule has 0 aliphatic heterocycles. The maximum absolute atomic E-state index is 4.49. The number of rotatable bonds is 4. The fraction of sp³-hybridized carbons (Fsp3) is 0.357. The van der Waals surface area contributed by atoms with E-state index in [1.165, 1.54) is 23.8 Å². The first-order chi connectivity index (χ1) is 8.34. The molecule has 0 bridgehead atoms. The van der Waals surface area contributed by atoms with Crippen molar-refractivity contribution in [2.45, 2.75) is 19.4 Å². The molecule has 17 heavy (non-hydrogen) atoms. The van der Waals surface area contributed by atoms with Crippen molar-refractivity contribution in [1.82, 2.24) is 10.3 Å². The van der Waals surface area contributed by atoms with E-state index in [4.69, 9.17) is 0 Å². The van der Waals surface area contributed by atoms with E-state index in [9.17, 15) is 0 Å². The van der Waals surface area contributed by atoms with Gasteiger partial charge in [-0.25, -0.2) is 0 Å². The lowest BCUT2D eigenvalue weighted by Gasteiger charge is -2.08. The van der Waals surface area contributed by atoms with Gasteiger partial charge < -0.3 is 5.32 Å². The average Bonchev–Trinajstić information content (AvgIpc) is 3.17. The molecule has 1 N–H and O–H groups in total. The monoisotopic (exact) mass is 290 g/mol. The summed E-state index contributed by atoms with van der Waals surface area (Å²) in [6.07, 6.45) is 4.65. The molecule has 0 amide bonds. The van der Waals surface area contributed by atoms with Gasteiger partial charge in [-0.05, 0) is 43.0 Å². The maximum Gasteiger partial charge on any atom is 0.0758 e. The first kappa shape index (κ1) is 11.2. The first-order valence-corrected chi connectivity index (χ1v) is 6.87. The molecule has 1 aliphatic carbocycles. The Balaban J connectivity index is 1.84. The highest BCUT2D eigenvalue weighted by molar-refractivity contribution is 9.10. The van der Waals surface area contributed by atoms with Crippen molar-refractivity contribution in [1.29, 1.82) is 0 Å². The molecule has 3 heteroatoms. The Bertz CT molecular complexity index is 535. The van der Waals surface area contributed by atoms with E-state index in [1.807, 2.05) is 12.3 Å². The van der Waals surface area contributed by atoms with Crippen molar-refractivity contribution in [2.75, 3.05) is 6.54 Å². The van der Waals surface area contributed by atoms with E-state index in [0.29, 0.717) is 0 Å². The first-order valence-electron chi connectivity index (χ1n) is 6.07. The average molecular weight is 291 g/mol. The molecule has 0 unspecified atom stereocenters. The number of pyridine rings is 1. The molecule has 1 saturated carbocycles. The molecule has 88 valence electrons. The third-order valence-corrected chi connectivity index (χ3v) is 3.94. The predicted octanol–water partition coefficient (Wildman–Crippen LogP) is 3.50. The Morgan fingerprint density at radius 2 is 2.18 bits per heavy atom. The van der Waals surface area contributed by atoms with Crippen molar-refractivity contribution in [3.8, 4) is 0 Å². The molecule has 1 aromatic heterocycles. The highest BCUT2D eigenvalue weighted by atomic mass is 79.9. The number of aromatic nitrogens is 1. The number of halogens is 1. The molecule has 2 aromatic rings. The normalized spacial score (nSPS) is 15.4. The molecule has 0 atom stereocenters. The second kappa shape index (κ2) is 4.75. The van der Waals surface area contributed by atoms with Crippen LogP contribution in [0.4, 0.5) is 0 Å². The standard InChI is InChI=1S/C14H15BrN2/c15-13-6-5-11(9-16-8-10-3-4-10)14-12(13)2-1-7-17-14/h1-2,5-7,10,16H,3-4,8-9H2. The van der Waals surface area contributed by atoms with Gasteiger partial charge in [0.25, 0.3) is 0 Å². The van der Waals surface area contributed by atoms with Gasteiger partial charge in [0.1, 0.15) is 0 Å². The molecular formula is C14H15BrN2. The SMILES string of the molecule is Brc1ccc(CNCC2CC2)c2ncccc12. The third kappa shape index (κ3) is 2.50. The van der Waals surface area contributed by atoms with Crippen LogP contribution >= 0.6 is 15.9 Å². The zero-order valence-corrected chi connectivity index (χ0v) is 11.2. The molecule has 2 nitrogen and oxygen atoms in total. The summed E-state index contributed by atoms with van der Waals surface area (Å²) in [5.41, 5.74) is 2.38. The predicted molar refractivity (Wildman–Crippen MR) is 73.9 cm³/mol. The highest BCUT2D eigenvalue weighted by Crippen LogP contribution is 2.28. The van der Waals surface area contributed by atoms with Crippen molar-refractivity contribution < 1.29 is 0 Å². The van der Waals surface area contributed by atoms with Crippen LogP contribution in [-0.4, -0.2) is 11.5 Å². The minimum Gasteiger partial charge on any atom is -0.312 e. The Hall–Kier alpha value is -0.930. The summed E-state index contributed by atoms with van der Waals surface area (Å²) in [7, 11) is 0. The second-order valence-corrected chi connectivity index (χ2v) is 5.53. The largest absolute Gasteiger partial charge is 0.312 e. The summed E-state index contributed by atoms with van der Waals surface area (Å²) >= 11 is 3.57. The topological polar surface area (TPSA) is 24.9 Å². The van der Waals surface area contributed by atoms with Gasteiger partial charge in [-0.2, -0.15) is 0 Å². The van der Waals surface area contributed by atoms with Crippen LogP contribution in [0.25, 0.3) is 10.9 Å². The molecule has 1 fully saturated rings. The van der Waals surface area contributed by atoms with Gasteiger partial charge in [-0.15, -0.1) is 0 Å². The van der Waals surface area contributed by atoms with Crippen LogP contribution in [0.3, 0.4) is 0 Å². The van der Waals surface area contributed by atoms with Gasteiger partial charge in [0.2, 0.25) is 0 Å². The Morgan fingerprint density at radius 3 is 3.00 bits per heavy atom. The van der Waals surface area contributed by atoms with Crippen LogP contribution in [0.2, 0.25) is 0 Å². The smallest absolute Gasteiger partial charge is 0.0758 e. The van der Waals surface area contributed by atoms with Gasteiger partial charge in [-0.3, -0.25) is 4.98 Å². The van der Waals surface area contributed by atoms with Crippen LogP contribution < -0.4 is 5.32 Å². The van der Waals surface area contributed by atoms with Crippen LogP contribution in [0.15, 0.2) is 34.9 Å². The summed E-state index contributed by atoms with van der Waals surface area (Å²) < 4.78 is 1.12. The Labute approximate surface area is 110 Å². The minimum absolute atomic E-state index is 0.914. The lowest BCUT2D eigenvalue weighted by atomic mass is 10.1. The van der Waals surface area contributed by atoms with E-state index in [-0.39, 0.29) is 0 Å². The summed E-state index contributed by atoms with van der Waals surface area (Å²) in [5, 5.41) is 4.71. The van der Waals surface area contributed by atoms with Crippen molar-refractivity contribution in [2.24, 2.45) is 5.92 Å². The van der Waals surface area contributed by atoms with E-state index < -0.39 is 0 Å². The van der Waals surface area contributed by atoms with Crippen LogP contribution in [0.1, 0.15) is 18.4 Å². The highest BCUT2D eigenvalue weighted by Gasteiger charge is 2.20. The Morgan fingerprint density at radius 1 is 1.29 bits per heavy atom. The van der Waals surface area contributed by atoms with Gasteiger partial charge in [0, 0.05) is 22.6 Å². The number of hydrogen-bond acceptors (Lipinski definition) is 2. The third-order valence-electron chi connectivity index (χ3n) is 3.25. The van der Waals surface area contributed by atoms with Gasteiger partial charge in [0.05, 0.1) is 5.52 Å². The summed E-state index contributed by atoms with van der Waals surface area (Å²) in [6.45, 7) is 2.06. The summed E-state index contributed by atoms with van der Waals surface area (Å²) in [5.74, 6) is 0.921. The number of benzene rings is 1. The zero-order valence-electron chi connectivity index (χ0n) is 9.62. The van der Waals surface area contributed by atoms with Crippen molar-refractivity contribution in [3.63, 3.8) is 0 Å². The van der Waals surface area contributed by atoms with E-state index in [2.05, 4.69) is 44.4 Å². The molecule has 1 heterocycles. The maximum atomic E-state index is 4.49.